The fourth-order valence-electron chi connectivity index (χ4n) is 2.83. The summed E-state index contributed by atoms with van der Waals surface area (Å²) in [5.74, 6) is 0.405. The van der Waals surface area contributed by atoms with Crippen molar-refractivity contribution in [2.45, 2.75) is 32.8 Å². The Labute approximate surface area is 125 Å². The molecule has 0 fully saturated rings. The second-order valence-corrected chi connectivity index (χ2v) is 5.74. The number of aliphatic hydroxyl groups is 1. The third-order valence-corrected chi connectivity index (χ3v) is 3.68. The van der Waals surface area contributed by atoms with E-state index in [4.69, 9.17) is 4.74 Å². The van der Waals surface area contributed by atoms with Crippen molar-refractivity contribution in [3.63, 3.8) is 0 Å². The third-order valence-electron chi connectivity index (χ3n) is 3.68. The van der Waals surface area contributed by atoms with E-state index in [0.29, 0.717) is 12.0 Å². The Balaban J connectivity index is 2.33. The number of hydrogen-bond donors (Lipinski definition) is 1. The molecule has 3 heteroatoms. The first-order valence-corrected chi connectivity index (χ1v) is 6.96. The van der Waals surface area contributed by atoms with Gasteiger partial charge < -0.3 is 9.84 Å². The molecule has 0 aliphatic heterocycles. The molecular formula is C18H21FO2. The van der Waals surface area contributed by atoms with Crippen molar-refractivity contribution in [2.24, 2.45) is 0 Å². The van der Waals surface area contributed by atoms with E-state index in [1.807, 2.05) is 44.2 Å². The van der Waals surface area contributed by atoms with Crippen LogP contribution in [0.1, 0.15) is 29.2 Å². The van der Waals surface area contributed by atoms with Crippen LogP contribution in [0, 0.1) is 19.7 Å². The monoisotopic (exact) mass is 288 g/mol. The highest BCUT2D eigenvalue weighted by molar-refractivity contribution is 5.38. The van der Waals surface area contributed by atoms with E-state index < -0.39 is 5.60 Å². The lowest BCUT2D eigenvalue weighted by Gasteiger charge is -2.27. The number of hydrogen-bond acceptors (Lipinski definition) is 2. The predicted molar refractivity (Wildman–Crippen MR) is 82.1 cm³/mol. The van der Waals surface area contributed by atoms with Crippen LogP contribution in [0.2, 0.25) is 0 Å². The summed E-state index contributed by atoms with van der Waals surface area (Å²) >= 11 is 0. The minimum absolute atomic E-state index is 0.345. The van der Waals surface area contributed by atoms with Gasteiger partial charge >= 0.3 is 0 Å². The summed E-state index contributed by atoms with van der Waals surface area (Å²) in [7, 11) is 1.61. The fraction of sp³-hybridized carbons (Fsp3) is 0.333. The molecule has 2 aromatic rings. The molecule has 0 saturated carbocycles. The van der Waals surface area contributed by atoms with Crippen LogP contribution < -0.4 is 4.74 Å². The molecule has 1 atom stereocenters. The highest BCUT2D eigenvalue weighted by Crippen LogP contribution is 2.31. The van der Waals surface area contributed by atoms with E-state index in [1.54, 1.807) is 14.0 Å². The van der Waals surface area contributed by atoms with Gasteiger partial charge in [-0.05, 0) is 55.7 Å². The van der Waals surface area contributed by atoms with Gasteiger partial charge in [-0.3, -0.25) is 0 Å². The van der Waals surface area contributed by atoms with Gasteiger partial charge in [0.2, 0.25) is 0 Å². The maximum Gasteiger partial charge on any atom is 0.129 e. The SMILES string of the molecule is COc1ccc(CC(C)(O)c2c(C)cc(C)cc2F)cc1. The first kappa shape index (κ1) is 15.5. The van der Waals surface area contributed by atoms with E-state index in [0.717, 1.165) is 22.4 Å². The highest BCUT2D eigenvalue weighted by Gasteiger charge is 2.29. The first-order valence-electron chi connectivity index (χ1n) is 6.96. The number of methoxy groups -OCH3 is 1. The average molecular weight is 288 g/mol. The van der Waals surface area contributed by atoms with Crippen molar-refractivity contribution >= 4 is 0 Å². The molecule has 112 valence electrons. The molecule has 0 aromatic heterocycles. The molecule has 1 N–H and O–H groups in total. The number of ether oxygens (including phenoxy) is 1. The topological polar surface area (TPSA) is 29.5 Å². The average Bonchev–Trinajstić information content (AvgIpc) is 2.37. The summed E-state index contributed by atoms with van der Waals surface area (Å²) in [6.45, 7) is 5.32. The van der Waals surface area contributed by atoms with Crippen LogP contribution in [0.15, 0.2) is 36.4 Å². The molecule has 0 saturated heterocycles. The lowest BCUT2D eigenvalue weighted by atomic mass is 9.85. The second-order valence-electron chi connectivity index (χ2n) is 5.74. The van der Waals surface area contributed by atoms with Crippen LogP contribution in [0.3, 0.4) is 0 Å². The standard InChI is InChI=1S/C18H21FO2/c1-12-9-13(2)17(16(19)10-12)18(3,20)11-14-5-7-15(21-4)8-6-14/h5-10,20H,11H2,1-4H3. The maximum atomic E-state index is 14.2. The third kappa shape index (κ3) is 3.42. The summed E-state index contributed by atoms with van der Waals surface area (Å²) in [4.78, 5) is 0. The minimum atomic E-state index is -1.25. The van der Waals surface area contributed by atoms with Gasteiger partial charge in [0.15, 0.2) is 0 Å². The van der Waals surface area contributed by atoms with Gasteiger partial charge in [0.1, 0.15) is 11.6 Å². The Kier molecular flexibility index (Phi) is 4.33. The van der Waals surface area contributed by atoms with E-state index in [9.17, 15) is 9.50 Å². The fourth-order valence-corrected chi connectivity index (χ4v) is 2.83. The molecule has 0 aliphatic carbocycles. The molecule has 1 unspecified atom stereocenters. The van der Waals surface area contributed by atoms with Crippen molar-refractivity contribution in [2.75, 3.05) is 7.11 Å². The Hall–Kier alpha value is -1.87. The Bertz CT molecular complexity index is 607. The minimum Gasteiger partial charge on any atom is -0.497 e. The van der Waals surface area contributed by atoms with Gasteiger partial charge in [-0.15, -0.1) is 0 Å². The lowest BCUT2D eigenvalue weighted by Crippen LogP contribution is -2.27. The Morgan fingerprint density at radius 2 is 1.76 bits per heavy atom. The van der Waals surface area contributed by atoms with Gasteiger partial charge in [0.05, 0.1) is 12.7 Å². The number of aryl methyl sites for hydroxylation is 2. The quantitative estimate of drug-likeness (QED) is 0.924. The highest BCUT2D eigenvalue weighted by atomic mass is 19.1. The van der Waals surface area contributed by atoms with Crippen LogP contribution in [0.4, 0.5) is 4.39 Å². The summed E-state index contributed by atoms with van der Waals surface area (Å²) in [6, 6.07) is 10.8. The van der Waals surface area contributed by atoms with Crippen molar-refractivity contribution in [3.05, 3.63) is 64.5 Å². The van der Waals surface area contributed by atoms with Crippen LogP contribution in [-0.4, -0.2) is 12.2 Å². The summed E-state index contributed by atoms with van der Waals surface area (Å²) in [5, 5.41) is 10.7. The lowest BCUT2D eigenvalue weighted by molar-refractivity contribution is 0.0531. The van der Waals surface area contributed by atoms with E-state index in [-0.39, 0.29) is 5.82 Å². The van der Waals surface area contributed by atoms with Crippen molar-refractivity contribution in [1.29, 1.82) is 0 Å². The normalized spacial score (nSPS) is 13.8. The molecular weight excluding hydrogens is 267 g/mol. The van der Waals surface area contributed by atoms with Crippen molar-refractivity contribution < 1.29 is 14.2 Å². The molecule has 0 aliphatic rings. The van der Waals surface area contributed by atoms with E-state index >= 15 is 0 Å². The summed E-state index contributed by atoms with van der Waals surface area (Å²) in [6.07, 6.45) is 0.345. The van der Waals surface area contributed by atoms with Gasteiger partial charge in [0.25, 0.3) is 0 Å². The van der Waals surface area contributed by atoms with Crippen molar-refractivity contribution in [3.8, 4) is 5.75 Å². The molecule has 0 amide bonds. The van der Waals surface area contributed by atoms with Crippen LogP contribution >= 0.6 is 0 Å². The Morgan fingerprint density at radius 1 is 1.14 bits per heavy atom. The zero-order valence-electron chi connectivity index (χ0n) is 12.9. The van der Waals surface area contributed by atoms with Gasteiger partial charge in [0, 0.05) is 12.0 Å². The van der Waals surface area contributed by atoms with Crippen LogP contribution in [-0.2, 0) is 12.0 Å². The molecule has 0 radical (unpaired) electrons. The smallest absolute Gasteiger partial charge is 0.129 e. The molecule has 0 heterocycles. The van der Waals surface area contributed by atoms with Crippen LogP contribution in [0.5, 0.6) is 5.75 Å². The van der Waals surface area contributed by atoms with Gasteiger partial charge in [-0.1, -0.05) is 18.2 Å². The molecule has 0 spiro atoms. The molecule has 2 aromatic carbocycles. The van der Waals surface area contributed by atoms with E-state index in [1.165, 1.54) is 6.07 Å². The maximum absolute atomic E-state index is 14.2. The zero-order valence-corrected chi connectivity index (χ0v) is 12.9. The van der Waals surface area contributed by atoms with Crippen LogP contribution in [0.25, 0.3) is 0 Å². The summed E-state index contributed by atoms with van der Waals surface area (Å²) in [5.41, 5.74) is 1.67. The Morgan fingerprint density at radius 3 is 2.29 bits per heavy atom. The van der Waals surface area contributed by atoms with Gasteiger partial charge in [-0.2, -0.15) is 0 Å². The number of halogens is 1. The summed E-state index contributed by atoms with van der Waals surface area (Å²) < 4.78 is 19.4. The second kappa shape index (κ2) is 5.86. The van der Waals surface area contributed by atoms with E-state index in [2.05, 4.69) is 0 Å². The predicted octanol–water partition coefficient (Wildman–Crippen LogP) is 3.90. The molecule has 2 nitrogen and oxygen atoms in total. The van der Waals surface area contributed by atoms with Gasteiger partial charge in [-0.25, -0.2) is 4.39 Å². The number of benzene rings is 2. The largest absolute Gasteiger partial charge is 0.497 e. The molecule has 2 rings (SSSR count). The zero-order chi connectivity index (χ0) is 15.6. The van der Waals surface area contributed by atoms with Crippen molar-refractivity contribution in [1.82, 2.24) is 0 Å². The first-order chi connectivity index (χ1) is 9.83. The molecule has 0 bridgehead atoms. The number of rotatable bonds is 4. The molecule has 21 heavy (non-hydrogen) atoms.